The SMILES string of the molecule is CC(=O)N[C@H]1C(OC(C)=O)[C@@H](OC(C)=O)C(COC(C)=O)O[C@H]1Oc1ccc([N+](=O)[O-])cc1. The summed E-state index contributed by atoms with van der Waals surface area (Å²) in [6.45, 7) is 4.24. The molecule has 1 aliphatic rings. The summed E-state index contributed by atoms with van der Waals surface area (Å²) in [7, 11) is 0. The van der Waals surface area contributed by atoms with Crippen LogP contribution >= 0.6 is 0 Å². The van der Waals surface area contributed by atoms with Gasteiger partial charge in [-0.3, -0.25) is 29.3 Å². The monoisotopic (exact) mass is 468 g/mol. The molecule has 1 aromatic carbocycles. The van der Waals surface area contributed by atoms with E-state index in [-0.39, 0.29) is 18.0 Å². The van der Waals surface area contributed by atoms with Crippen LogP contribution in [0.3, 0.4) is 0 Å². The minimum atomic E-state index is -1.31. The van der Waals surface area contributed by atoms with E-state index in [1.807, 2.05) is 0 Å². The van der Waals surface area contributed by atoms with Gasteiger partial charge < -0.3 is 29.0 Å². The molecule has 2 rings (SSSR count). The standard InChI is InChI=1S/C20H24N2O11/c1-10(23)21-17-19(31-13(4)26)18(30-12(3)25)16(9-29-11(2)24)33-20(17)32-15-7-5-14(6-8-15)22(27)28/h5-8,16-20H,9H2,1-4H3,(H,21,23)/t16?,17-,18-,19?,20+/m0/s1. The van der Waals surface area contributed by atoms with Crippen LogP contribution in [-0.4, -0.2) is 66.0 Å². The molecule has 0 saturated carbocycles. The predicted molar refractivity (Wildman–Crippen MR) is 108 cm³/mol. The van der Waals surface area contributed by atoms with E-state index in [0.717, 1.165) is 20.8 Å². The van der Waals surface area contributed by atoms with Crippen LogP contribution in [0.4, 0.5) is 5.69 Å². The number of ether oxygens (including phenoxy) is 5. The van der Waals surface area contributed by atoms with Crippen LogP contribution in [0.25, 0.3) is 0 Å². The van der Waals surface area contributed by atoms with Gasteiger partial charge in [0.15, 0.2) is 12.2 Å². The van der Waals surface area contributed by atoms with E-state index >= 15 is 0 Å². The first-order valence-corrected chi connectivity index (χ1v) is 9.79. The maximum atomic E-state index is 11.9. The van der Waals surface area contributed by atoms with Crippen molar-refractivity contribution in [2.24, 2.45) is 0 Å². The average molecular weight is 468 g/mol. The Morgan fingerprint density at radius 3 is 2.03 bits per heavy atom. The fourth-order valence-electron chi connectivity index (χ4n) is 3.17. The number of nitrogens with one attached hydrogen (secondary N) is 1. The van der Waals surface area contributed by atoms with Crippen LogP contribution in [0.5, 0.6) is 5.75 Å². The number of nitrogens with zero attached hydrogens (tertiary/aromatic N) is 1. The lowest BCUT2D eigenvalue weighted by molar-refractivity contribution is -0.384. The van der Waals surface area contributed by atoms with Crippen molar-refractivity contribution in [2.75, 3.05) is 6.61 Å². The molecule has 13 nitrogen and oxygen atoms in total. The summed E-state index contributed by atoms with van der Waals surface area (Å²) in [5, 5.41) is 13.4. The molecule has 0 spiro atoms. The summed E-state index contributed by atoms with van der Waals surface area (Å²) in [5.74, 6) is -2.50. The van der Waals surface area contributed by atoms with Crippen molar-refractivity contribution in [2.45, 2.75) is 58.3 Å². The van der Waals surface area contributed by atoms with E-state index < -0.39 is 59.4 Å². The van der Waals surface area contributed by atoms with Gasteiger partial charge in [0, 0.05) is 39.8 Å². The summed E-state index contributed by atoms with van der Waals surface area (Å²) in [5.41, 5.74) is -0.175. The molecule has 0 radical (unpaired) electrons. The van der Waals surface area contributed by atoms with Gasteiger partial charge in [-0.1, -0.05) is 0 Å². The number of amides is 1. The first-order valence-electron chi connectivity index (χ1n) is 9.79. The van der Waals surface area contributed by atoms with Crippen LogP contribution in [0, 0.1) is 10.1 Å². The molecule has 33 heavy (non-hydrogen) atoms. The Hall–Kier alpha value is -3.74. The zero-order valence-corrected chi connectivity index (χ0v) is 18.3. The Balaban J connectivity index is 2.43. The van der Waals surface area contributed by atoms with E-state index in [4.69, 9.17) is 23.7 Å². The van der Waals surface area contributed by atoms with Crippen molar-refractivity contribution in [3.8, 4) is 5.75 Å². The highest BCUT2D eigenvalue weighted by Gasteiger charge is 2.51. The number of nitro benzene ring substituents is 1. The molecule has 5 atom stereocenters. The second-order valence-electron chi connectivity index (χ2n) is 7.09. The lowest BCUT2D eigenvalue weighted by atomic mass is 9.96. The zero-order chi connectivity index (χ0) is 24.7. The quantitative estimate of drug-likeness (QED) is 0.246. The first-order chi connectivity index (χ1) is 15.5. The van der Waals surface area contributed by atoms with E-state index in [0.29, 0.717) is 0 Å². The topological polar surface area (TPSA) is 170 Å². The highest BCUT2D eigenvalue weighted by atomic mass is 16.7. The summed E-state index contributed by atoms with van der Waals surface area (Å²) in [6, 6.07) is 3.87. The van der Waals surface area contributed by atoms with Gasteiger partial charge in [-0.25, -0.2) is 0 Å². The number of hydrogen-bond acceptors (Lipinski definition) is 11. The van der Waals surface area contributed by atoms with E-state index in [9.17, 15) is 29.3 Å². The lowest BCUT2D eigenvalue weighted by Crippen LogP contribution is -2.67. The third kappa shape index (κ3) is 7.42. The second kappa shape index (κ2) is 11.2. The predicted octanol–water partition coefficient (Wildman–Crippen LogP) is 0.630. The Morgan fingerprint density at radius 2 is 1.55 bits per heavy atom. The first kappa shape index (κ1) is 25.5. The Bertz CT molecular complexity index is 902. The molecule has 0 aromatic heterocycles. The molecule has 1 N–H and O–H groups in total. The van der Waals surface area contributed by atoms with Crippen molar-refractivity contribution in [1.29, 1.82) is 0 Å². The molecule has 13 heteroatoms. The van der Waals surface area contributed by atoms with Gasteiger partial charge in [0.05, 0.1) is 4.92 Å². The summed E-state index contributed by atoms with van der Waals surface area (Å²) in [4.78, 5) is 57.0. The Kier molecular flexibility index (Phi) is 8.68. The van der Waals surface area contributed by atoms with Crippen LogP contribution in [-0.2, 0) is 38.1 Å². The number of esters is 3. The van der Waals surface area contributed by atoms with Gasteiger partial charge in [-0.2, -0.15) is 0 Å². The Morgan fingerprint density at radius 1 is 0.970 bits per heavy atom. The fraction of sp³-hybridized carbons (Fsp3) is 0.500. The number of carbonyl (C=O) groups is 4. The van der Waals surface area contributed by atoms with Crippen molar-refractivity contribution >= 4 is 29.5 Å². The van der Waals surface area contributed by atoms with Gasteiger partial charge in [-0.15, -0.1) is 0 Å². The number of carbonyl (C=O) groups excluding carboxylic acids is 4. The number of benzene rings is 1. The number of non-ortho nitro benzene ring substituents is 1. The molecular formula is C20H24N2O11. The zero-order valence-electron chi connectivity index (χ0n) is 18.3. The summed E-state index contributed by atoms with van der Waals surface area (Å²) in [6.07, 6.45) is -4.96. The number of nitro groups is 1. The van der Waals surface area contributed by atoms with Gasteiger partial charge >= 0.3 is 17.9 Å². The fourth-order valence-corrected chi connectivity index (χ4v) is 3.17. The lowest BCUT2D eigenvalue weighted by Gasteiger charge is -2.44. The molecule has 1 heterocycles. The largest absolute Gasteiger partial charge is 0.463 e. The average Bonchev–Trinajstić information content (AvgIpc) is 2.70. The van der Waals surface area contributed by atoms with E-state index in [2.05, 4.69) is 5.32 Å². The van der Waals surface area contributed by atoms with Crippen molar-refractivity contribution in [1.82, 2.24) is 5.32 Å². The minimum Gasteiger partial charge on any atom is -0.463 e. The van der Waals surface area contributed by atoms with Crippen LogP contribution in [0.2, 0.25) is 0 Å². The molecule has 180 valence electrons. The third-order valence-corrected chi connectivity index (χ3v) is 4.37. The molecule has 1 aliphatic heterocycles. The molecule has 1 fully saturated rings. The highest BCUT2D eigenvalue weighted by Crippen LogP contribution is 2.29. The van der Waals surface area contributed by atoms with Crippen LogP contribution < -0.4 is 10.1 Å². The van der Waals surface area contributed by atoms with E-state index in [1.54, 1.807) is 0 Å². The summed E-state index contributed by atoms with van der Waals surface area (Å²) >= 11 is 0. The van der Waals surface area contributed by atoms with Gasteiger partial charge in [0.1, 0.15) is 24.5 Å². The summed E-state index contributed by atoms with van der Waals surface area (Å²) < 4.78 is 27.2. The van der Waals surface area contributed by atoms with E-state index in [1.165, 1.54) is 31.2 Å². The van der Waals surface area contributed by atoms with Gasteiger partial charge in [-0.05, 0) is 12.1 Å². The second-order valence-corrected chi connectivity index (χ2v) is 7.09. The molecule has 1 saturated heterocycles. The molecule has 0 aliphatic carbocycles. The van der Waals surface area contributed by atoms with Crippen LogP contribution in [0.1, 0.15) is 27.7 Å². The maximum absolute atomic E-state index is 11.9. The minimum absolute atomic E-state index is 0.139. The highest BCUT2D eigenvalue weighted by molar-refractivity contribution is 5.73. The molecule has 1 amide bonds. The Labute approximate surface area is 188 Å². The maximum Gasteiger partial charge on any atom is 0.303 e. The number of rotatable bonds is 8. The molecule has 2 unspecified atom stereocenters. The smallest absolute Gasteiger partial charge is 0.303 e. The molecule has 1 aromatic rings. The number of hydrogen-bond donors (Lipinski definition) is 1. The van der Waals surface area contributed by atoms with Crippen molar-refractivity contribution < 1.29 is 47.8 Å². The third-order valence-electron chi connectivity index (χ3n) is 4.37. The van der Waals surface area contributed by atoms with Gasteiger partial charge in [0.25, 0.3) is 5.69 Å². The normalized spacial score (nSPS) is 24.2. The van der Waals surface area contributed by atoms with Gasteiger partial charge in [0.2, 0.25) is 12.2 Å². The molecular weight excluding hydrogens is 444 g/mol. The van der Waals surface area contributed by atoms with Crippen molar-refractivity contribution in [3.05, 3.63) is 34.4 Å². The van der Waals surface area contributed by atoms with Crippen molar-refractivity contribution in [3.63, 3.8) is 0 Å². The van der Waals surface area contributed by atoms with Crippen LogP contribution in [0.15, 0.2) is 24.3 Å². The molecule has 0 bridgehead atoms.